The van der Waals surface area contributed by atoms with Crippen molar-refractivity contribution in [1.82, 2.24) is 5.32 Å². The Balaban J connectivity index is 2.56. The summed E-state index contributed by atoms with van der Waals surface area (Å²) in [5, 5.41) is 2.84. The number of ether oxygens (including phenoxy) is 1. The summed E-state index contributed by atoms with van der Waals surface area (Å²) in [6.07, 6.45) is 1.23. The average Bonchev–Trinajstić information content (AvgIpc) is 2.34. The monoisotopic (exact) mass is 268 g/mol. The van der Waals surface area contributed by atoms with Crippen LogP contribution in [0.15, 0.2) is 18.2 Å². The molecule has 0 radical (unpaired) electrons. The second kappa shape index (κ2) is 6.97. The van der Waals surface area contributed by atoms with Crippen LogP contribution in [0.25, 0.3) is 0 Å². The molecule has 0 aliphatic heterocycles. The van der Waals surface area contributed by atoms with Gasteiger partial charge in [0.15, 0.2) is 6.10 Å². The number of hydrogen-bond acceptors (Lipinski definition) is 3. The number of carbonyl (C=O) groups is 1. The lowest BCUT2D eigenvalue weighted by atomic mass is 10.2. The van der Waals surface area contributed by atoms with Crippen LogP contribution in [0.2, 0.25) is 0 Å². The van der Waals surface area contributed by atoms with Gasteiger partial charge in [-0.3, -0.25) is 4.79 Å². The van der Waals surface area contributed by atoms with Gasteiger partial charge >= 0.3 is 0 Å². The minimum absolute atomic E-state index is 0.0565. The van der Waals surface area contributed by atoms with Gasteiger partial charge in [-0.05, 0) is 32.4 Å². The molecule has 2 atom stereocenters. The zero-order valence-corrected chi connectivity index (χ0v) is 11.6. The van der Waals surface area contributed by atoms with Crippen molar-refractivity contribution in [3.8, 4) is 5.75 Å². The molecule has 1 rings (SSSR count). The highest BCUT2D eigenvalue weighted by Crippen LogP contribution is 2.19. The second-order valence-electron chi connectivity index (χ2n) is 4.64. The first-order chi connectivity index (χ1) is 8.93. The Kier molecular flexibility index (Phi) is 5.60. The molecule has 1 amide bonds. The normalized spacial score (nSPS) is 13.7. The Hall–Kier alpha value is -1.78. The fraction of sp³-hybridized carbons (Fsp3) is 0.500. The molecule has 0 bridgehead atoms. The molecule has 0 spiro atoms. The highest BCUT2D eigenvalue weighted by Gasteiger charge is 2.16. The molecule has 0 heterocycles. The molecule has 0 aliphatic carbocycles. The SMILES string of the molecule is CCCC(C)NC(=O)C(C)Oc1ccc(N)c(F)c1. The topological polar surface area (TPSA) is 64.3 Å². The first kappa shape index (κ1) is 15.3. The van der Waals surface area contributed by atoms with E-state index in [1.54, 1.807) is 6.92 Å². The number of nitrogens with two attached hydrogens (primary N) is 1. The van der Waals surface area contributed by atoms with Gasteiger partial charge in [-0.2, -0.15) is 0 Å². The zero-order chi connectivity index (χ0) is 14.4. The standard InChI is InChI=1S/C14H21FN2O2/c1-4-5-9(2)17-14(18)10(3)19-11-6-7-13(16)12(15)8-11/h6-10H,4-5,16H2,1-3H3,(H,17,18). The molecule has 4 nitrogen and oxygen atoms in total. The Bertz CT molecular complexity index is 437. The van der Waals surface area contributed by atoms with E-state index in [-0.39, 0.29) is 23.4 Å². The molecule has 2 unspecified atom stereocenters. The Morgan fingerprint density at radius 1 is 1.47 bits per heavy atom. The van der Waals surface area contributed by atoms with Gasteiger partial charge in [0.05, 0.1) is 5.69 Å². The predicted octanol–water partition coefficient (Wildman–Crippen LogP) is 2.48. The Morgan fingerprint density at radius 3 is 2.74 bits per heavy atom. The van der Waals surface area contributed by atoms with Gasteiger partial charge in [0.1, 0.15) is 11.6 Å². The third-order valence-electron chi connectivity index (χ3n) is 2.76. The van der Waals surface area contributed by atoms with Crippen molar-refractivity contribution >= 4 is 11.6 Å². The zero-order valence-electron chi connectivity index (χ0n) is 11.6. The van der Waals surface area contributed by atoms with Crippen molar-refractivity contribution in [2.75, 3.05) is 5.73 Å². The molecule has 0 saturated carbocycles. The number of hydrogen-bond donors (Lipinski definition) is 2. The van der Waals surface area contributed by atoms with Crippen molar-refractivity contribution in [2.24, 2.45) is 0 Å². The van der Waals surface area contributed by atoms with Crippen LogP contribution in [0, 0.1) is 5.82 Å². The third-order valence-corrected chi connectivity index (χ3v) is 2.76. The molecule has 5 heteroatoms. The minimum atomic E-state index is -0.678. The molecule has 106 valence electrons. The van der Waals surface area contributed by atoms with E-state index < -0.39 is 11.9 Å². The summed E-state index contributed by atoms with van der Waals surface area (Å²) < 4.78 is 18.6. The molecule has 1 aromatic carbocycles. The molecule has 1 aromatic rings. The largest absolute Gasteiger partial charge is 0.481 e. The third kappa shape index (κ3) is 4.77. The fourth-order valence-corrected chi connectivity index (χ4v) is 1.70. The van der Waals surface area contributed by atoms with Crippen LogP contribution in [0.1, 0.15) is 33.6 Å². The van der Waals surface area contributed by atoms with Crippen molar-refractivity contribution < 1.29 is 13.9 Å². The van der Waals surface area contributed by atoms with Gasteiger partial charge in [0.25, 0.3) is 5.91 Å². The maximum atomic E-state index is 13.2. The summed E-state index contributed by atoms with van der Waals surface area (Å²) in [5.74, 6) is -0.472. The summed E-state index contributed by atoms with van der Waals surface area (Å²) in [6, 6.07) is 4.23. The second-order valence-corrected chi connectivity index (χ2v) is 4.64. The molecule has 3 N–H and O–H groups in total. The molecular formula is C14H21FN2O2. The first-order valence-corrected chi connectivity index (χ1v) is 6.46. The smallest absolute Gasteiger partial charge is 0.260 e. The summed E-state index contributed by atoms with van der Waals surface area (Å²) in [5.41, 5.74) is 5.43. The van der Waals surface area contributed by atoms with Crippen LogP contribution in [0.5, 0.6) is 5.75 Å². The maximum absolute atomic E-state index is 13.2. The summed E-state index contributed by atoms with van der Waals surface area (Å²) in [7, 11) is 0. The van der Waals surface area contributed by atoms with E-state index in [4.69, 9.17) is 10.5 Å². The van der Waals surface area contributed by atoms with Crippen LogP contribution in [0.3, 0.4) is 0 Å². The van der Waals surface area contributed by atoms with Gasteiger partial charge in [-0.1, -0.05) is 13.3 Å². The van der Waals surface area contributed by atoms with Crippen molar-refractivity contribution in [3.05, 3.63) is 24.0 Å². The number of carbonyl (C=O) groups excluding carboxylic acids is 1. The average molecular weight is 268 g/mol. The Morgan fingerprint density at radius 2 is 2.16 bits per heavy atom. The molecular weight excluding hydrogens is 247 g/mol. The van der Waals surface area contributed by atoms with E-state index >= 15 is 0 Å². The van der Waals surface area contributed by atoms with Gasteiger partial charge in [0.2, 0.25) is 0 Å². The fourth-order valence-electron chi connectivity index (χ4n) is 1.70. The van der Waals surface area contributed by atoms with Crippen LogP contribution in [-0.2, 0) is 4.79 Å². The van der Waals surface area contributed by atoms with Crippen molar-refractivity contribution in [1.29, 1.82) is 0 Å². The predicted molar refractivity (Wildman–Crippen MR) is 73.4 cm³/mol. The molecule has 19 heavy (non-hydrogen) atoms. The Labute approximate surface area is 113 Å². The number of halogens is 1. The lowest BCUT2D eigenvalue weighted by Crippen LogP contribution is -2.41. The van der Waals surface area contributed by atoms with Crippen molar-refractivity contribution in [3.63, 3.8) is 0 Å². The molecule has 0 fully saturated rings. The van der Waals surface area contributed by atoms with Crippen LogP contribution < -0.4 is 15.8 Å². The number of nitrogen functional groups attached to an aromatic ring is 1. The summed E-state index contributed by atoms with van der Waals surface area (Å²) >= 11 is 0. The van der Waals surface area contributed by atoms with Gasteiger partial charge in [0, 0.05) is 12.1 Å². The number of rotatable bonds is 6. The summed E-state index contributed by atoms with van der Waals surface area (Å²) in [4.78, 5) is 11.8. The van der Waals surface area contributed by atoms with Crippen LogP contribution in [-0.4, -0.2) is 18.1 Å². The van der Waals surface area contributed by atoms with Gasteiger partial charge in [-0.15, -0.1) is 0 Å². The van der Waals surface area contributed by atoms with Crippen LogP contribution in [0.4, 0.5) is 10.1 Å². The number of amides is 1. The minimum Gasteiger partial charge on any atom is -0.481 e. The molecule has 0 saturated heterocycles. The quantitative estimate of drug-likeness (QED) is 0.779. The first-order valence-electron chi connectivity index (χ1n) is 6.46. The van der Waals surface area contributed by atoms with E-state index in [1.807, 2.05) is 6.92 Å². The number of nitrogens with one attached hydrogen (secondary N) is 1. The number of benzene rings is 1. The highest BCUT2D eigenvalue weighted by molar-refractivity contribution is 5.80. The number of anilines is 1. The van der Waals surface area contributed by atoms with E-state index in [2.05, 4.69) is 12.2 Å². The maximum Gasteiger partial charge on any atom is 0.260 e. The van der Waals surface area contributed by atoms with E-state index in [0.29, 0.717) is 0 Å². The van der Waals surface area contributed by atoms with E-state index in [0.717, 1.165) is 12.8 Å². The highest BCUT2D eigenvalue weighted by atomic mass is 19.1. The molecule has 0 aromatic heterocycles. The lowest BCUT2D eigenvalue weighted by molar-refractivity contribution is -0.127. The van der Waals surface area contributed by atoms with Gasteiger partial charge < -0.3 is 15.8 Å². The van der Waals surface area contributed by atoms with Gasteiger partial charge in [-0.25, -0.2) is 4.39 Å². The summed E-state index contributed by atoms with van der Waals surface area (Å²) in [6.45, 7) is 5.62. The lowest BCUT2D eigenvalue weighted by Gasteiger charge is -2.18. The van der Waals surface area contributed by atoms with Crippen LogP contribution >= 0.6 is 0 Å². The van der Waals surface area contributed by atoms with Crippen molar-refractivity contribution in [2.45, 2.75) is 45.8 Å². The van der Waals surface area contributed by atoms with E-state index in [1.165, 1.54) is 18.2 Å². The van der Waals surface area contributed by atoms with E-state index in [9.17, 15) is 9.18 Å². The molecule has 0 aliphatic rings.